The van der Waals surface area contributed by atoms with Gasteiger partial charge >= 0.3 is 0 Å². The first kappa shape index (κ1) is 12.5. The minimum atomic E-state index is -0.0815. The van der Waals surface area contributed by atoms with Gasteiger partial charge in [-0.15, -0.1) is 0 Å². The van der Waals surface area contributed by atoms with Crippen molar-refractivity contribution < 1.29 is 14.0 Å². The molecule has 1 aliphatic rings. The van der Waals surface area contributed by atoms with Gasteiger partial charge < -0.3 is 19.3 Å². The summed E-state index contributed by atoms with van der Waals surface area (Å²) in [5.41, 5.74) is 0. The molecule has 6 nitrogen and oxygen atoms in total. The van der Waals surface area contributed by atoms with Crippen LogP contribution in [0.5, 0.6) is 0 Å². The second-order valence-corrected chi connectivity index (χ2v) is 3.92. The van der Waals surface area contributed by atoms with E-state index < -0.39 is 0 Å². The molecule has 96 valence electrons. The van der Waals surface area contributed by atoms with Crippen LogP contribution in [0.4, 0.5) is 0 Å². The van der Waals surface area contributed by atoms with Crippen LogP contribution in [0.15, 0.2) is 4.52 Å². The number of nitrogens with one attached hydrogen (secondary N) is 1. The van der Waals surface area contributed by atoms with Crippen LogP contribution in [0, 0.1) is 0 Å². The Morgan fingerprint density at radius 3 is 3.06 bits per heavy atom. The van der Waals surface area contributed by atoms with E-state index in [1.165, 1.54) is 0 Å². The Morgan fingerprint density at radius 2 is 2.41 bits per heavy atom. The highest BCUT2D eigenvalue weighted by molar-refractivity contribution is 4.96. The van der Waals surface area contributed by atoms with Crippen LogP contribution in [0.2, 0.25) is 0 Å². The Morgan fingerprint density at radius 1 is 1.53 bits per heavy atom. The molecule has 17 heavy (non-hydrogen) atoms. The quantitative estimate of drug-likeness (QED) is 0.835. The molecule has 1 aliphatic heterocycles. The van der Waals surface area contributed by atoms with Crippen molar-refractivity contribution in [1.82, 2.24) is 15.5 Å². The third-order valence-corrected chi connectivity index (χ3v) is 2.70. The van der Waals surface area contributed by atoms with E-state index in [9.17, 15) is 0 Å². The van der Waals surface area contributed by atoms with Gasteiger partial charge in [0.1, 0.15) is 12.1 Å². The fourth-order valence-corrected chi connectivity index (χ4v) is 1.82. The molecule has 1 aromatic heterocycles. The number of morpholine rings is 1. The van der Waals surface area contributed by atoms with Crippen LogP contribution >= 0.6 is 0 Å². The number of nitrogens with zero attached hydrogens (tertiary/aromatic N) is 2. The molecule has 0 aliphatic carbocycles. The van der Waals surface area contributed by atoms with Crippen molar-refractivity contribution in [2.24, 2.45) is 0 Å². The van der Waals surface area contributed by atoms with Gasteiger partial charge in [0.15, 0.2) is 0 Å². The number of hydrogen-bond acceptors (Lipinski definition) is 6. The minimum Gasteiger partial charge on any atom is -0.378 e. The predicted octanol–water partition coefficient (Wildman–Crippen LogP) is 1.22. The SMILES string of the molecule is CCOC(CC)c1noc(C2COCCN2)n1. The molecule has 0 amide bonds. The lowest BCUT2D eigenvalue weighted by molar-refractivity contribution is 0.0518. The summed E-state index contributed by atoms with van der Waals surface area (Å²) in [6.45, 7) is 6.76. The van der Waals surface area contributed by atoms with Crippen molar-refractivity contribution in [1.29, 1.82) is 0 Å². The van der Waals surface area contributed by atoms with E-state index in [0.29, 0.717) is 24.9 Å². The van der Waals surface area contributed by atoms with Gasteiger partial charge in [-0.05, 0) is 13.3 Å². The van der Waals surface area contributed by atoms with Gasteiger partial charge in [0.2, 0.25) is 11.7 Å². The van der Waals surface area contributed by atoms with Crippen molar-refractivity contribution in [2.45, 2.75) is 32.4 Å². The molecule has 1 fully saturated rings. The smallest absolute Gasteiger partial charge is 0.246 e. The lowest BCUT2D eigenvalue weighted by Crippen LogP contribution is -2.34. The van der Waals surface area contributed by atoms with E-state index in [1.807, 2.05) is 13.8 Å². The molecule has 0 saturated carbocycles. The fraction of sp³-hybridized carbons (Fsp3) is 0.818. The van der Waals surface area contributed by atoms with Crippen molar-refractivity contribution >= 4 is 0 Å². The number of ether oxygens (including phenoxy) is 2. The van der Waals surface area contributed by atoms with E-state index in [-0.39, 0.29) is 12.1 Å². The van der Waals surface area contributed by atoms with E-state index in [4.69, 9.17) is 14.0 Å². The summed E-state index contributed by atoms with van der Waals surface area (Å²) in [4.78, 5) is 4.38. The lowest BCUT2D eigenvalue weighted by atomic mass is 10.2. The van der Waals surface area contributed by atoms with E-state index in [2.05, 4.69) is 15.5 Å². The zero-order valence-electron chi connectivity index (χ0n) is 10.3. The first-order valence-corrected chi connectivity index (χ1v) is 6.11. The van der Waals surface area contributed by atoms with Crippen LogP contribution in [0.3, 0.4) is 0 Å². The summed E-state index contributed by atoms with van der Waals surface area (Å²) < 4.78 is 16.1. The second-order valence-electron chi connectivity index (χ2n) is 3.92. The largest absolute Gasteiger partial charge is 0.378 e. The highest BCUT2D eigenvalue weighted by Gasteiger charge is 2.24. The summed E-state index contributed by atoms with van der Waals surface area (Å²) in [7, 11) is 0. The average Bonchev–Trinajstić information content (AvgIpc) is 2.86. The van der Waals surface area contributed by atoms with Gasteiger partial charge in [-0.2, -0.15) is 4.98 Å². The normalized spacial score (nSPS) is 22.6. The Balaban J connectivity index is 2.03. The molecule has 2 rings (SSSR count). The van der Waals surface area contributed by atoms with Crippen LogP contribution in [0.1, 0.15) is 44.1 Å². The molecular weight excluding hydrogens is 222 g/mol. The Hall–Kier alpha value is -0.980. The van der Waals surface area contributed by atoms with Crippen molar-refractivity contribution in [3.63, 3.8) is 0 Å². The van der Waals surface area contributed by atoms with E-state index >= 15 is 0 Å². The number of hydrogen-bond donors (Lipinski definition) is 1. The Bertz CT molecular complexity index is 317. The van der Waals surface area contributed by atoms with Crippen molar-refractivity contribution in [3.05, 3.63) is 11.7 Å². The molecule has 0 radical (unpaired) electrons. The first-order valence-electron chi connectivity index (χ1n) is 6.11. The average molecular weight is 241 g/mol. The molecule has 0 bridgehead atoms. The maximum Gasteiger partial charge on any atom is 0.246 e. The zero-order chi connectivity index (χ0) is 12.1. The maximum atomic E-state index is 5.54. The van der Waals surface area contributed by atoms with Gasteiger partial charge in [0.05, 0.1) is 13.2 Å². The highest BCUT2D eigenvalue weighted by atomic mass is 16.5. The predicted molar refractivity (Wildman–Crippen MR) is 60.5 cm³/mol. The monoisotopic (exact) mass is 241 g/mol. The summed E-state index contributed by atoms with van der Waals surface area (Å²) in [5, 5.41) is 7.25. The highest BCUT2D eigenvalue weighted by Crippen LogP contribution is 2.20. The van der Waals surface area contributed by atoms with Crippen molar-refractivity contribution in [3.8, 4) is 0 Å². The third kappa shape index (κ3) is 3.02. The molecule has 0 aromatic carbocycles. The molecule has 1 aromatic rings. The Labute approximate surface area is 101 Å². The topological polar surface area (TPSA) is 69.4 Å². The lowest BCUT2D eigenvalue weighted by Gasteiger charge is -2.20. The number of aromatic nitrogens is 2. The van der Waals surface area contributed by atoms with Crippen LogP contribution < -0.4 is 5.32 Å². The molecule has 1 N–H and O–H groups in total. The van der Waals surface area contributed by atoms with Crippen LogP contribution in [-0.4, -0.2) is 36.5 Å². The van der Waals surface area contributed by atoms with Crippen LogP contribution in [0.25, 0.3) is 0 Å². The van der Waals surface area contributed by atoms with Gasteiger partial charge in [0, 0.05) is 13.2 Å². The summed E-state index contributed by atoms with van der Waals surface area (Å²) in [6, 6.07) is 0.00383. The fourth-order valence-electron chi connectivity index (χ4n) is 1.82. The number of rotatable bonds is 5. The van der Waals surface area contributed by atoms with E-state index in [0.717, 1.165) is 19.6 Å². The Kier molecular flexibility index (Phi) is 4.47. The van der Waals surface area contributed by atoms with Gasteiger partial charge in [-0.25, -0.2) is 0 Å². The summed E-state index contributed by atoms with van der Waals surface area (Å²) in [6.07, 6.45) is 0.753. The van der Waals surface area contributed by atoms with Crippen LogP contribution in [-0.2, 0) is 9.47 Å². The molecule has 6 heteroatoms. The van der Waals surface area contributed by atoms with Gasteiger partial charge in [-0.1, -0.05) is 12.1 Å². The standard InChI is InChI=1S/C11H19N3O3/c1-3-9(16-4-2)10-13-11(17-14-10)8-7-15-6-5-12-8/h8-9,12H,3-7H2,1-2H3. The molecule has 1 saturated heterocycles. The summed E-state index contributed by atoms with van der Waals surface area (Å²) in [5.74, 6) is 1.20. The zero-order valence-corrected chi connectivity index (χ0v) is 10.3. The molecule has 2 heterocycles. The molecular formula is C11H19N3O3. The van der Waals surface area contributed by atoms with E-state index in [1.54, 1.807) is 0 Å². The van der Waals surface area contributed by atoms with Gasteiger partial charge in [0.25, 0.3) is 0 Å². The third-order valence-electron chi connectivity index (χ3n) is 2.70. The second kappa shape index (κ2) is 6.09. The summed E-state index contributed by atoms with van der Waals surface area (Å²) >= 11 is 0. The molecule has 0 spiro atoms. The van der Waals surface area contributed by atoms with Gasteiger partial charge in [-0.3, -0.25) is 0 Å². The molecule has 2 unspecified atom stereocenters. The first-order chi connectivity index (χ1) is 8.35. The maximum absolute atomic E-state index is 5.54. The van der Waals surface area contributed by atoms with Crippen molar-refractivity contribution in [2.75, 3.05) is 26.4 Å². The minimum absolute atomic E-state index is 0.00383. The molecule has 2 atom stereocenters.